The summed E-state index contributed by atoms with van der Waals surface area (Å²) in [6.45, 7) is 4.22. The normalized spacial score (nSPS) is 15.3. The van der Waals surface area contributed by atoms with E-state index < -0.39 is 17.1 Å². The van der Waals surface area contributed by atoms with Gasteiger partial charge in [0.05, 0.1) is 11.5 Å². The zero-order chi connectivity index (χ0) is 22.0. The van der Waals surface area contributed by atoms with E-state index in [2.05, 4.69) is 22.8 Å². The highest BCUT2D eigenvalue weighted by molar-refractivity contribution is 8.18. The number of carbonyl (C=O) groups is 3. The summed E-state index contributed by atoms with van der Waals surface area (Å²) in [5.74, 6) is -1.07. The van der Waals surface area contributed by atoms with E-state index in [1.807, 2.05) is 43.3 Å². The zero-order valence-electron chi connectivity index (χ0n) is 17.3. The number of amides is 2. The second kappa shape index (κ2) is 8.81. The van der Waals surface area contributed by atoms with E-state index in [4.69, 9.17) is 4.74 Å². The number of carbonyl (C=O) groups excluding carboxylic acids is 3. The van der Waals surface area contributed by atoms with Crippen LogP contribution in [0.4, 0.5) is 4.79 Å². The fraction of sp³-hybridized carbons (Fsp3) is 0.208. The third-order valence-electron chi connectivity index (χ3n) is 5.20. The van der Waals surface area contributed by atoms with Gasteiger partial charge >= 0.3 is 5.97 Å². The zero-order valence-corrected chi connectivity index (χ0v) is 18.1. The Labute approximate surface area is 184 Å². The highest BCUT2D eigenvalue weighted by atomic mass is 32.2. The van der Waals surface area contributed by atoms with E-state index in [1.165, 1.54) is 5.56 Å². The van der Waals surface area contributed by atoms with Gasteiger partial charge in [0.1, 0.15) is 6.54 Å². The molecule has 0 unspecified atom stereocenters. The number of imide groups is 1. The molecule has 1 aliphatic heterocycles. The van der Waals surface area contributed by atoms with Crippen molar-refractivity contribution in [2.24, 2.45) is 0 Å². The molecule has 0 bridgehead atoms. The average molecular weight is 435 g/mol. The third-order valence-corrected chi connectivity index (χ3v) is 6.11. The Morgan fingerprint density at radius 1 is 1.06 bits per heavy atom. The molecule has 0 spiro atoms. The molecular weight excluding hydrogens is 412 g/mol. The van der Waals surface area contributed by atoms with Crippen molar-refractivity contribution in [2.45, 2.75) is 20.4 Å². The molecule has 1 aromatic heterocycles. The first kappa shape index (κ1) is 20.9. The fourth-order valence-corrected chi connectivity index (χ4v) is 4.53. The predicted molar refractivity (Wildman–Crippen MR) is 122 cm³/mol. The summed E-state index contributed by atoms with van der Waals surface area (Å²) in [6, 6.07) is 18.2. The van der Waals surface area contributed by atoms with Crippen LogP contribution in [0.1, 0.15) is 23.7 Å². The van der Waals surface area contributed by atoms with E-state index >= 15 is 0 Å². The summed E-state index contributed by atoms with van der Waals surface area (Å²) < 4.78 is 7.08. The van der Waals surface area contributed by atoms with Crippen LogP contribution >= 0.6 is 11.8 Å². The van der Waals surface area contributed by atoms with Gasteiger partial charge in [-0.3, -0.25) is 19.3 Å². The lowest BCUT2D eigenvalue weighted by molar-refractivity contribution is -0.145. The van der Waals surface area contributed by atoms with Crippen molar-refractivity contribution in [3.05, 3.63) is 76.3 Å². The number of aromatic nitrogens is 1. The highest BCUT2D eigenvalue weighted by Gasteiger charge is 2.37. The van der Waals surface area contributed by atoms with Crippen molar-refractivity contribution >= 4 is 45.9 Å². The van der Waals surface area contributed by atoms with Gasteiger partial charge in [-0.2, -0.15) is 0 Å². The molecule has 0 radical (unpaired) electrons. The summed E-state index contributed by atoms with van der Waals surface area (Å²) in [6.07, 6.45) is 1.76. The molecule has 158 valence electrons. The summed E-state index contributed by atoms with van der Waals surface area (Å²) >= 11 is 0.849. The number of esters is 1. The number of hydrogen-bond acceptors (Lipinski definition) is 5. The number of para-hydroxylation sites is 1. The van der Waals surface area contributed by atoms with Gasteiger partial charge in [-0.15, -0.1) is 0 Å². The van der Waals surface area contributed by atoms with Crippen molar-refractivity contribution in [1.29, 1.82) is 0 Å². The van der Waals surface area contributed by atoms with Crippen LogP contribution in [0.2, 0.25) is 0 Å². The van der Waals surface area contributed by atoms with Crippen LogP contribution in [0.5, 0.6) is 0 Å². The maximum Gasteiger partial charge on any atom is 0.326 e. The van der Waals surface area contributed by atoms with E-state index in [1.54, 1.807) is 13.0 Å². The van der Waals surface area contributed by atoms with Crippen LogP contribution in [0.3, 0.4) is 0 Å². The smallest absolute Gasteiger partial charge is 0.326 e. The maximum atomic E-state index is 12.8. The molecule has 0 saturated carbocycles. The Hall–Kier alpha value is -3.32. The maximum absolute atomic E-state index is 12.8. The minimum Gasteiger partial charge on any atom is -0.465 e. The van der Waals surface area contributed by atoms with Crippen LogP contribution in [-0.2, 0) is 20.9 Å². The largest absolute Gasteiger partial charge is 0.465 e. The number of thioether (sulfide) groups is 1. The molecule has 1 aliphatic rings. The van der Waals surface area contributed by atoms with E-state index in [9.17, 15) is 14.4 Å². The molecular formula is C24H22N2O4S. The standard InChI is InChI=1S/C24H22N2O4S/c1-3-30-22(27)15-26-23(28)21(31-24(26)29)13-19-16(2)25(14-17-9-5-4-6-10-17)20-12-8-7-11-18(19)20/h4-13H,3,14-15H2,1-2H3/b21-13-. The average Bonchev–Trinajstić information content (AvgIpc) is 3.18. The lowest BCUT2D eigenvalue weighted by atomic mass is 10.1. The summed E-state index contributed by atoms with van der Waals surface area (Å²) in [7, 11) is 0. The Bertz CT molecular complexity index is 1200. The Morgan fingerprint density at radius 2 is 1.77 bits per heavy atom. The van der Waals surface area contributed by atoms with Crippen LogP contribution in [-0.4, -0.2) is 39.7 Å². The number of benzene rings is 2. The molecule has 1 saturated heterocycles. The predicted octanol–water partition coefficient (Wildman–Crippen LogP) is 4.60. The topological polar surface area (TPSA) is 68.6 Å². The summed E-state index contributed by atoms with van der Waals surface area (Å²) in [5, 5.41) is 0.545. The van der Waals surface area contributed by atoms with Gasteiger partial charge in [-0.1, -0.05) is 48.5 Å². The van der Waals surface area contributed by atoms with Gasteiger partial charge in [0.2, 0.25) is 0 Å². The van der Waals surface area contributed by atoms with Crippen LogP contribution < -0.4 is 0 Å². The first-order valence-electron chi connectivity index (χ1n) is 10.0. The van der Waals surface area contributed by atoms with Gasteiger partial charge in [-0.25, -0.2) is 0 Å². The second-order valence-corrected chi connectivity index (χ2v) is 8.15. The number of nitrogens with zero attached hydrogens (tertiary/aromatic N) is 2. The molecule has 7 heteroatoms. The molecule has 0 N–H and O–H groups in total. The summed E-state index contributed by atoms with van der Waals surface area (Å²) in [5.41, 5.74) is 4.13. The Kier molecular flexibility index (Phi) is 5.95. The number of hydrogen-bond donors (Lipinski definition) is 0. The minimum absolute atomic E-state index is 0.199. The SMILES string of the molecule is CCOC(=O)CN1C(=O)S/C(=C\c2c(C)n(Cc3ccccc3)c3ccccc23)C1=O. The molecule has 4 rings (SSSR count). The van der Waals surface area contributed by atoms with Gasteiger partial charge in [0.15, 0.2) is 0 Å². The lowest BCUT2D eigenvalue weighted by Gasteiger charge is -2.10. The number of ether oxygens (including phenoxy) is 1. The van der Waals surface area contributed by atoms with E-state index in [0.717, 1.165) is 38.8 Å². The van der Waals surface area contributed by atoms with Crippen molar-refractivity contribution in [1.82, 2.24) is 9.47 Å². The molecule has 0 aliphatic carbocycles. The molecule has 3 aromatic rings. The fourth-order valence-electron chi connectivity index (χ4n) is 3.71. The number of fused-ring (bicyclic) bond motifs is 1. The van der Waals surface area contributed by atoms with Gasteiger partial charge in [0.25, 0.3) is 11.1 Å². The quantitative estimate of drug-likeness (QED) is 0.419. The van der Waals surface area contributed by atoms with Gasteiger partial charge in [-0.05, 0) is 43.3 Å². The van der Waals surface area contributed by atoms with E-state index in [-0.39, 0.29) is 13.2 Å². The molecule has 0 atom stereocenters. The van der Waals surface area contributed by atoms with Crippen LogP contribution in [0.25, 0.3) is 17.0 Å². The molecule has 2 heterocycles. The third kappa shape index (κ3) is 4.14. The molecule has 1 fully saturated rings. The highest BCUT2D eigenvalue weighted by Crippen LogP contribution is 2.35. The number of rotatable bonds is 6. The van der Waals surface area contributed by atoms with Crippen molar-refractivity contribution in [2.75, 3.05) is 13.2 Å². The van der Waals surface area contributed by atoms with Crippen molar-refractivity contribution in [3.63, 3.8) is 0 Å². The lowest BCUT2D eigenvalue weighted by Crippen LogP contribution is -2.34. The molecule has 6 nitrogen and oxygen atoms in total. The Morgan fingerprint density at radius 3 is 2.52 bits per heavy atom. The molecule has 31 heavy (non-hydrogen) atoms. The molecule has 2 aromatic carbocycles. The van der Waals surface area contributed by atoms with Gasteiger partial charge in [0, 0.05) is 28.7 Å². The minimum atomic E-state index is -0.596. The van der Waals surface area contributed by atoms with Crippen molar-refractivity contribution in [3.8, 4) is 0 Å². The van der Waals surface area contributed by atoms with Crippen molar-refractivity contribution < 1.29 is 19.1 Å². The van der Waals surface area contributed by atoms with Crippen LogP contribution in [0.15, 0.2) is 59.5 Å². The van der Waals surface area contributed by atoms with E-state index in [0.29, 0.717) is 11.4 Å². The van der Waals surface area contributed by atoms with Gasteiger partial charge < -0.3 is 9.30 Å². The first-order chi connectivity index (χ1) is 15.0. The molecule has 2 amide bonds. The second-order valence-electron chi connectivity index (χ2n) is 7.16. The summed E-state index contributed by atoms with van der Waals surface area (Å²) in [4.78, 5) is 38.1. The first-order valence-corrected chi connectivity index (χ1v) is 10.8. The van der Waals surface area contributed by atoms with Crippen LogP contribution in [0, 0.1) is 6.92 Å². The monoisotopic (exact) mass is 434 g/mol. The Balaban J connectivity index is 1.71.